The maximum atomic E-state index is 13.1. The topological polar surface area (TPSA) is 56.3 Å². The molecule has 5 heteroatoms. The number of rotatable bonds is 4. The van der Waals surface area contributed by atoms with Gasteiger partial charge in [0.25, 0.3) is 0 Å². The molecule has 0 bridgehead atoms. The number of benzene rings is 2. The van der Waals surface area contributed by atoms with Crippen LogP contribution >= 0.6 is 0 Å². The van der Waals surface area contributed by atoms with Crippen LogP contribution in [-0.2, 0) is 4.74 Å². The molecular formula is C19H14FNO3. The second-order valence-electron chi connectivity index (χ2n) is 5.34. The molecule has 1 aromatic heterocycles. The van der Waals surface area contributed by atoms with E-state index in [1.165, 1.54) is 18.2 Å². The fraction of sp³-hybridized carbons (Fsp3) is 0.105. The standard InChI is InChI=1S/C19H14FNO3/c1-12-9-16(15-7-2-3-8-17(15)21-12)19(23)24-11-18(22)13-5-4-6-14(20)10-13/h2-10H,11H2,1H3. The number of carbonyl (C=O) groups excluding carboxylic acids is 2. The third-order valence-electron chi connectivity index (χ3n) is 3.55. The van der Waals surface area contributed by atoms with Crippen molar-refractivity contribution < 1.29 is 18.7 Å². The fourth-order valence-electron chi connectivity index (χ4n) is 2.43. The zero-order chi connectivity index (χ0) is 17.1. The number of fused-ring (bicyclic) bond motifs is 1. The average Bonchev–Trinajstić information content (AvgIpc) is 2.58. The first-order valence-electron chi connectivity index (χ1n) is 7.37. The Labute approximate surface area is 137 Å². The predicted octanol–water partition coefficient (Wildman–Crippen LogP) is 3.72. The van der Waals surface area contributed by atoms with E-state index in [2.05, 4.69) is 4.98 Å². The van der Waals surface area contributed by atoms with E-state index in [1.807, 2.05) is 6.07 Å². The lowest BCUT2D eigenvalue weighted by Crippen LogP contribution is -2.15. The molecule has 24 heavy (non-hydrogen) atoms. The lowest BCUT2D eigenvalue weighted by Gasteiger charge is -2.08. The van der Waals surface area contributed by atoms with Gasteiger partial charge in [-0.25, -0.2) is 9.18 Å². The summed E-state index contributed by atoms with van der Waals surface area (Å²) in [4.78, 5) is 28.7. The molecule has 3 aromatic rings. The molecule has 0 aliphatic heterocycles. The van der Waals surface area contributed by atoms with Crippen LogP contribution in [0.5, 0.6) is 0 Å². The highest BCUT2D eigenvalue weighted by Crippen LogP contribution is 2.19. The number of hydrogen-bond acceptors (Lipinski definition) is 4. The van der Waals surface area contributed by atoms with Crippen molar-refractivity contribution >= 4 is 22.7 Å². The van der Waals surface area contributed by atoms with Crippen molar-refractivity contribution in [1.82, 2.24) is 4.98 Å². The predicted molar refractivity (Wildman–Crippen MR) is 87.5 cm³/mol. The van der Waals surface area contributed by atoms with Crippen LogP contribution in [0.2, 0.25) is 0 Å². The SMILES string of the molecule is Cc1cc(C(=O)OCC(=O)c2cccc(F)c2)c2ccccc2n1. The largest absolute Gasteiger partial charge is 0.454 e. The molecule has 0 amide bonds. The van der Waals surface area contributed by atoms with Crippen LogP contribution < -0.4 is 0 Å². The maximum Gasteiger partial charge on any atom is 0.339 e. The summed E-state index contributed by atoms with van der Waals surface area (Å²) in [7, 11) is 0. The molecule has 0 radical (unpaired) electrons. The molecule has 2 aromatic carbocycles. The number of halogens is 1. The van der Waals surface area contributed by atoms with Crippen LogP contribution in [-0.4, -0.2) is 23.3 Å². The molecule has 0 saturated heterocycles. The summed E-state index contributed by atoms with van der Waals surface area (Å²) < 4.78 is 18.3. The first kappa shape index (κ1) is 15.8. The first-order valence-corrected chi connectivity index (χ1v) is 7.37. The molecule has 0 aliphatic rings. The van der Waals surface area contributed by atoms with E-state index in [-0.39, 0.29) is 5.56 Å². The molecule has 0 spiro atoms. The molecule has 3 rings (SSSR count). The van der Waals surface area contributed by atoms with Gasteiger partial charge in [0, 0.05) is 16.6 Å². The summed E-state index contributed by atoms with van der Waals surface area (Å²) in [6, 6.07) is 14.1. The Bertz CT molecular complexity index is 937. The summed E-state index contributed by atoms with van der Waals surface area (Å²) in [5.74, 6) is -1.58. The Balaban J connectivity index is 1.80. The smallest absolute Gasteiger partial charge is 0.339 e. The number of para-hydroxylation sites is 1. The van der Waals surface area contributed by atoms with Crippen LogP contribution in [0.1, 0.15) is 26.4 Å². The third kappa shape index (κ3) is 3.30. The van der Waals surface area contributed by atoms with Crippen LogP contribution in [0.3, 0.4) is 0 Å². The number of aryl methyl sites for hydroxylation is 1. The number of esters is 1. The van der Waals surface area contributed by atoms with Gasteiger partial charge in [0.1, 0.15) is 5.82 Å². The Morgan fingerprint density at radius 2 is 1.88 bits per heavy atom. The van der Waals surface area contributed by atoms with Gasteiger partial charge in [0.2, 0.25) is 0 Å². The number of nitrogens with zero attached hydrogens (tertiary/aromatic N) is 1. The highest BCUT2D eigenvalue weighted by molar-refractivity contribution is 6.05. The Morgan fingerprint density at radius 3 is 2.67 bits per heavy atom. The fourth-order valence-corrected chi connectivity index (χ4v) is 2.43. The lowest BCUT2D eigenvalue weighted by atomic mass is 10.1. The van der Waals surface area contributed by atoms with Gasteiger partial charge < -0.3 is 4.74 Å². The molecule has 0 N–H and O–H groups in total. The van der Waals surface area contributed by atoms with Gasteiger partial charge in [-0.3, -0.25) is 9.78 Å². The third-order valence-corrected chi connectivity index (χ3v) is 3.55. The van der Waals surface area contributed by atoms with Gasteiger partial charge in [0.15, 0.2) is 12.4 Å². The molecule has 0 unspecified atom stereocenters. The van der Waals surface area contributed by atoms with E-state index in [1.54, 1.807) is 31.2 Å². The number of hydrogen-bond donors (Lipinski definition) is 0. The molecule has 1 heterocycles. The van der Waals surface area contributed by atoms with Crippen LogP contribution in [0.4, 0.5) is 4.39 Å². The molecule has 4 nitrogen and oxygen atoms in total. The van der Waals surface area contributed by atoms with Gasteiger partial charge in [-0.1, -0.05) is 30.3 Å². The second kappa shape index (κ2) is 6.58. The second-order valence-corrected chi connectivity index (χ2v) is 5.34. The molecule has 0 atom stereocenters. The lowest BCUT2D eigenvalue weighted by molar-refractivity contribution is 0.0476. The Morgan fingerprint density at radius 1 is 1.08 bits per heavy atom. The van der Waals surface area contributed by atoms with Gasteiger partial charge in [0.05, 0.1) is 11.1 Å². The van der Waals surface area contributed by atoms with E-state index in [0.717, 1.165) is 6.07 Å². The summed E-state index contributed by atoms with van der Waals surface area (Å²) in [5, 5.41) is 0.659. The molecule has 120 valence electrons. The van der Waals surface area contributed by atoms with Gasteiger partial charge in [-0.05, 0) is 31.2 Å². The molecule has 0 saturated carbocycles. The van der Waals surface area contributed by atoms with Crippen LogP contribution in [0.15, 0.2) is 54.6 Å². The van der Waals surface area contributed by atoms with Crippen LogP contribution in [0, 0.1) is 12.7 Å². The molecule has 0 aliphatic carbocycles. The van der Waals surface area contributed by atoms with Crippen molar-refractivity contribution in [1.29, 1.82) is 0 Å². The number of ketones is 1. The summed E-state index contributed by atoms with van der Waals surface area (Å²) in [6.07, 6.45) is 0. The van der Waals surface area contributed by atoms with E-state index in [0.29, 0.717) is 22.2 Å². The van der Waals surface area contributed by atoms with Crippen LogP contribution in [0.25, 0.3) is 10.9 Å². The highest BCUT2D eigenvalue weighted by atomic mass is 19.1. The van der Waals surface area contributed by atoms with Crippen molar-refractivity contribution in [2.75, 3.05) is 6.61 Å². The minimum atomic E-state index is -0.610. The summed E-state index contributed by atoms with van der Waals surface area (Å²) >= 11 is 0. The van der Waals surface area contributed by atoms with Crippen molar-refractivity contribution in [2.24, 2.45) is 0 Å². The minimum absolute atomic E-state index is 0.165. The summed E-state index contributed by atoms with van der Waals surface area (Å²) in [6.45, 7) is 1.33. The average molecular weight is 323 g/mol. The zero-order valence-electron chi connectivity index (χ0n) is 13.0. The first-order chi connectivity index (χ1) is 11.5. The minimum Gasteiger partial charge on any atom is -0.454 e. The number of Topliss-reactive ketones (excluding diaryl/α,β-unsaturated/α-hetero) is 1. The zero-order valence-corrected chi connectivity index (χ0v) is 13.0. The van der Waals surface area contributed by atoms with Gasteiger partial charge in [-0.15, -0.1) is 0 Å². The van der Waals surface area contributed by atoms with Gasteiger partial charge >= 0.3 is 5.97 Å². The quantitative estimate of drug-likeness (QED) is 0.542. The molecular weight excluding hydrogens is 309 g/mol. The maximum absolute atomic E-state index is 13.1. The van der Waals surface area contributed by atoms with E-state index >= 15 is 0 Å². The van der Waals surface area contributed by atoms with Crippen molar-refractivity contribution in [3.05, 3.63) is 77.2 Å². The monoisotopic (exact) mass is 323 g/mol. The normalized spacial score (nSPS) is 10.6. The van der Waals surface area contributed by atoms with Crippen molar-refractivity contribution in [3.8, 4) is 0 Å². The molecule has 0 fully saturated rings. The van der Waals surface area contributed by atoms with E-state index in [9.17, 15) is 14.0 Å². The van der Waals surface area contributed by atoms with E-state index in [4.69, 9.17) is 4.74 Å². The van der Waals surface area contributed by atoms with Crippen molar-refractivity contribution in [3.63, 3.8) is 0 Å². The Hall–Kier alpha value is -3.08. The number of carbonyl (C=O) groups is 2. The highest BCUT2D eigenvalue weighted by Gasteiger charge is 2.15. The van der Waals surface area contributed by atoms with Gasteiger partial charge in [-0.2, -0.15) is 0 Å². The number of ether oxygens (including phenoxy) is 1. The Kier molecular flexibility index (Phi) is 4.33. The van der Waals surface area contributed by atoms with Crippen molar-refractivity contribution in [2.45, 2.75) is 6.92 Å². The van der Waals surface area contributed by atoms with E-state index < -0.39 is 24.2 Å². The number of pyridine rings is 1. The number of aromatic nitrogens is 1. The summed E-state index contributed by atoms with van der Waals surface area (Å²) in [5.41, 5.74) is 1.88.